The van der Waals surface area contributed by atoms with Crippen LogP contribution < -0.4 is 32.3 Å². The van der Waals surface area contributed by atoms with E-state index in [0.717, 1.165) is 6.42 Å². The minimum atomic E-state index is -1.51. The Hall–Kier alpha value is -1.68. The van der Waals surface area contributed by atoms with Crippen molar-refractivity contribution in [2.24, 2.45) is 11.5 Å². The minimum absolute atomic E-state index is 0. The first kappa shape index (κ1) is 30.5. The number of hydrogen-bond donors (Lipinski definition) is 4. The molecule has 30 heavy (non-hydrogen) atoms. The van der Waals surface area contributed by atoms with Gasteiger partial charge >= 0.3 is 0 Å². The summed E-state index contributed by atoms with van der Waals surface area (Å²) in [5.74, 6) is -3.26. The molecule has 0 spiro atoms. The zero-order valence-electron chi connectivity index (χ0n) is 16.2. The van der Waals surface area contributed by atoms with Crippen molar-refractivity contribution in [1.82, 2.24) is 10.6 Å². The minimum Gasteiger partial charge on any atom is -2.00 e. The van der Waals surface area contributed by atoms with E-state index in [4.69, 9.17) is 24.1 Å². The second kappa shape index (κ2) is 16.1. The molecule has 1 radical (unpaired) electrons. The van der Waals surface area contributed by atoms with Crippen LogP contribution in [0.5, 0.6) is 5.75 Å². The number of carboxylic acids is 1. The molecule has 1 aromatic rings. The standard InChI is InChI=1S/C18H28N4O5S.O.Re/c19-8-2-1-3-13(20)16(24)21-14(9-11-4-6-12(23)7-5-11)17(25)22-15(10-28)18(26)27;;/h4-7,13-15,23,28H,1-3,8-10,19-20H2,(H,21,24)(H,22,25)(H,26,27);;/q;-2;/p-3/t13-,14-,15-;;/m0../s1. The van der Waals surface area contributed by atoms with Crippen molar-refractivity contribution in [2.75, 3.05) is 12.3 Å². The van der Waals surface area contributed by atoms with Gasteiger partial charge in [-0.2, -0.15) is 5.75 Å². The number of carbonyl (C=O) groups excluding carboxylic acids is 3. The number of unbranched alkanes of at least 4 members (excludes halogenated alkanes) is 1. The molecular formula is C18H25N4O6ReS-5. The summed E-state index contributed by atoms with van der Waals surface area (Å²) < 4.78 is 0. The fourth-order valence-electron chi connectivity index (χ4n) is 2.43. The second-order valence-electron chi connectivity index (χ2n) is 6.35. The summed E-state index contributed by atoms with van der Waals surface area (Å²) in [4.78, 5) is 35.9. The van der Waals surface area contributed by atoms with Gasteiger partial charge in [0, 0.05) is 32.9 Å². The molecule has 0 unspecified atom stereocenters. The number of carboxylic acid groups (broad SMARTS) is 1. The van der Waals surface area contributed by atoms with Gasteiger partial charge in [-0.15, -0.1) is 5.75 Å². The maximum atomic E-state index is 12.5. The van der Waals surface area contributed by atoms with E-state index < -0.39 is 35.9 Å². The fourth-order valence-corrected chi connectivity index (χ4v) is 2.65. The topological polar surface area (TPSA) is 202 Å². The van der Waals surface area contributed by atoms with Crippen molar-refractivity contribution in [3.8, 4) is 5.75 Å². The molecule has 171 valence electrons. The molecule has 0 saturated heterocycles. The summed E-state index contributed by atoms with van der Waals surface area (Å²) >= 11 is 4.70. The number of hydrogen-bond acceptors (Lipinski definition) is 8. The zero-order valence-corrected chi connectivity index (χ0v) is 19.7. The van der Waals surface area contributed by atoms with Crippen LogP contribution >= 0.6 is 0 Å². The number of nitrogens with one attached hydrogen (secondary N) is 2. The van der Waals surface area contributed by atoms with Gasteiger partial charge in [0.05, 0.1) is 12.0 Å². The van der Waals surface area contributed by atoms with Crippen LogP contribution in [0.25, 0.3) is 0 Å². The summed E-state index contributed by atoms with van der Waals surface area (Å²) in [5.41, 5.74) is 11.9. The van der Waals surface area contributed by atoms with Crippen molar-refractivity contribution < 1.29 is 50.5 Å². The molecule has 10 nitrogen and oxygen atoms in total. The van der Waals surface area contributed by atoms with E-state index >= 15 is 0 Å². The molecule has 6 N–H and O–H groups in total. The average Bonchev–Trinajstić information content (AvgIpc) is 2.66. The summed E-state index contributed by atoms with van der Waals surface area (Å²) in [5, 5.41) is 27.0. The third-order valence-corrected chi connectivity index (χ3v) is 4.40. The van der Waals surface area contributed by atoms with Crippen molar-refractivity contribution >= 4 is 30.4 Å². The third kappa shape index (κ3) is 10.9. The van der Waals surface area contributed by atoms with E-state index in [1.807, 2.05) is 0 Å². The Bertz CT molecular complexity index is 665. The molecule has 3 atom stereocenters. The largest absolute Gasteiger partial charge is 2.00 e. The van der Waals surface area contributed by atoms with E-state index in [1.165, 1.54) is 24.3 Å². The van der Waals surface area contributed by atoms with Gasteiger partial charge in [0.25, 0.3) is 0 Å². The number of aliphatic carboxylic acids is 1. The predicted octanol–water partition coefficient (Wildman–Crippen LogP) is -3.10. The van der Waals surface area contributed by atoms with Crippen molar-refractivity contribution in [3.63, 3.8) is 0 Å². The molecule has 1 rings (SSSR count). The Labute approximate surface area is 194 Å². The van der Waals surface area contributed by atoms with Crippen LogP contribution in [-0.4, -0.2) is 48.2 Å². The summed E-state index contributed by atoms with van der Waals surface area (Å²) in [6.45, 7) is 0.487. The molecule has 0 aromatic heterocycles. The molecule has 0 aliphatic rings. The summed E-state index contributed by atoms with van der Waals surface area (Å²) in [6, 6.07) is 2.44. The maximum absolute atomic E-state index is 12.5. The van der Waals surface area contributed by atoms with Gasteiger partial charge < -0.3 is 55.2 Å². The van der Waals surface area contributed by atoms with E-state index in [0.29, 0.717) is 24.9 Å². The van der Waals surface area contributed by atoms with Gasteiger partial charge in [-0.25, -0.2) is 0 Å². The third-order valence-electron chi connectivity index (χ3n) is 4.07. The van der Waals surface area contributed by atoms with Crippen molar-refractivity contribution in [1.29, 1.82) is 0 Å². The molecule has 0 fully saturated rings. The Morgan fingerprint density at radius 2 is 1.60 bits per heavy atom. The first-order valence-electron chi connectivity index (χ1n) is 8.89. The number of benzene rings is 1. The number of carbonyl (C=O) groups is 3. The first-order valence-corrected chi connectivity index (χ1v) is 9.47. The molecule has 0 saturated carbocycles. The van der Waals surface area contributed by atoms with E-state index in [1.54, 1.807) is 0 Å². The van der Waals surface area contributed by atoms with Gasteiger partial charge in [0.1, 0.15) is 6.04 Å². The van der Waals surface area contributed by atoms with Gasteiger partial charge in [0.15, 0.2) is 0 Å². The Balaban J connectivity index is 0. The number of amides is 2. The second-order valence-corrected chi connectivity index (χ2v) is 6.68. The normalized spacial score (nSPS) is 13.0. The Kier molecular flexibility index (Phi) is 16.3. The molecule has 12 heteroatoms. The van der Waals surface area contributed by atoms with Crippen LogP contribution in [0, 0.1) is 0 Å². The van der Waals surface area contributed by atoms with E-state index in [2.05, 4.69) is 10.6 Å². The molecule has 2 amide bonds. The predicted molar refractivity (Wildman–Crippen MR) is 102 cm³/mol. The van der Waals surface area contributed by atoms with Gasteiger partial charge in [-0.3, -0.25) is 9.59 Å². The SMILES string of the molecule is NCCCC[C@H](N)C(=O)N[C@@H](Cc1ccc([O-])cc1)C(=O)N[C@@H](C[S-])C(=O)[O-].[O-2].[Re]. The van der Waals surface area contributed by atoms with Crippen LogP contribution in [0.2, 0.25) is 0 Å². The summed E-state index contributed by atoms with van der Waals surface area (Å²) in [7, 11) is 0. The van der Waals surface area contributed by atoms with Gasteiger partial charge in [0.2, 0.25) is 11.8 Å². The monoisotopic (exact) mass is 612 g/mol. The molecule has 1 aromatic carbocycles. The smallest absolute Gasteiger partial charge is 0.243 e. The van der Waals surface area contributed by atoms with Crippen LogP contribution in [-0.2, 0) is 59.3 Å². The van der Waals surface area contributed by atoms with Gasteiger partial charge in [-0.1, -0.05) is 30.7 Å². The van der Waals surface area contributed by atoms with Crippen LogP contribution in [0.3, 0.4) is 0 Å². The van der Waals surface area contributed by atoms with Crippen LogP contribution in [0.1, 0.15) is 24.8 Å². The summed E-state index contributed by atoms with van der Waals surface area (Å²) in [6.07, 6.45) is 1.83. The zero-order chi connectivity index (χ0) is 21.1. The number of nitrogens with two attached hydrogens (primary N) is 2. The maximum Gasteiger partial charge on any atom is 0.243 e. The van der Waals surface area contributed by atoms with E-state index in [-0.39, 0.29) is 43.8 Å². The Morgan fingerprint density at radius 1 is 1.03 bits per heavy atom. The quantitative estimate of drug-likeness (QED) is 0.141. The molecule has 0 bridgehead atoms. The van der Waals surface area contributed by atoms with Crippen molar-refractivity contribution in [3.05, 3.63) is 29.8 Å². The molecule has 0 heterocycles. The van der Waals surface area contributed by atoms with Crippen LogP contribution in [0.4, 0.5) is 0 Å². The fraction of sp³-hybridized carbons (Fsp3) is 0.500. The molecular weight excluding hydrogens is 586 g/mol. The van der Waals surface area contributed by atoms with E-state index in [9.17, 15) is 24.6 Å². The van der Waals surface area contributed by atoms with Crippen molar-refractivity contribution in [2.45, 2.75) is 43.8 Å². The number of rotatable bonds is 12. The Morgan fingerprint density at radius 3 is 2.10 bits per heavy atom. The molecule has 0 aliphatic carbocycles. The molecule has 0 aliphatic heterocycles. The van der Waals surface area contributed by atoms with Crippen LogP contribution in [0.15, 0.2) is 24.3 Å². The first-order chi connectivity index (χ1) is 13.3. The van der Waals surface area contributed by atoms with Gasteiger partial charge in [-0.05, 0) is 24.9 Å². The average molecular weight is 612 g/mol.